The second kappa shape index (κ2) is 5.23. The molecule has 3 aromatic rings. The van der Waals surface area contributed by atoms with Crippen LogP contribution in [0.2, 0.25) is 0 Å². The van der Waals surface area contributed by atoms with Crippen molar-refractivity contribution in [3.8, 4) is 0 Å². The topological polar surface area (TPSA) is 20.5 Å². The standard InChI is InChI=1S/C14H14ClN3S/c1-17(10-11-5-3-2-4-6-11)13-12(9-15)18-7-8-19-14(18)16-13/h2-8H,9-10H2,1H3. The summed E-state index contributed by atoms with van der Waals surface area (Å²) in [6.07, 6.45) is 2.02. The largest absolute Gasteiger partial charge is 0.354 e. The first kappa shape index (κ1) is 12.5. The van der Waals surface area contributed by atoms with Gasteiger partial charge in [0.05, 0.1) is 11.6 Å². The molecule has 3 rings (SSSR count). The Morgan fingerprint density at radius 2 is 2.11 bits per heavy atom. The molecule has 0 bridgehead atoms. The second-order valence-corrected chi connectivity index (χ2v) is 5.55. The Morgan fingerprint density at radius 1 is 1.32 bits per heavy atom. The van der Waals surface area contributed by atoms with Crippen LogP contribution in [0.3, 0.4) is 0 Å². The molecule has 5 heteroatoms. The van der Waals surface area contributed by atoms with Crippen LogP contribution in [0.5, 0.6) is 0 Å². The van der Waals surface area contributed by atoms with Crippen LogP contribution in [0.1, 0.15) is 11.3 Å². The molecule has 0 unspecified atom stereocenters. The van der Waals surface area contributed by atoms with Crippen LogP contribution >= 0.6 is 22.9 Å². The van der Waals surface area contributed by atoms with Crippen LogP contribution in [0.25, 0.3) is 4.96 Å². The van der Waals surface area contributed by atoms with Crippen molar-refractivity contribution in [1.82, 2.24) is 9.38 Å². The molecule has 0 aliphatic heterocycles. The summed E-state index contributed by atoms with van der Waals surface area (Å²) in [5.74, 6) is 1.43. The number of anilines is 1. The molecule has 0 amide bonds. The molecule has 2 aromatic heterocycles. The van der Waals surface area contributed by atoms with Crippen LogP contribution in [0, 0.1) is 0 Å². The molecule has 0 saturated heterocycles. The van der Waals surface area contributed by atoms with Crippen molar-refractivity contribution in [3.63, 3.8) is 0 Å². The fourth-order valence-corrected chi connectivity index (χ4v) is 3.16. The number of imidazole rings is 1. The van der Waals surface area contributed by atoms with Crippen molar-refractivity contribution in [2.45, 2.75) is 12.4 Å². The SMILES string of the molecule is CN(Cc1ccccc1)c1nc2sccn2c1CCl. The van der Waals surface area contributed by atoms with E-state index in [4.69, 9.17) is 11.6 Å². The Morgan fingerprint density at radius 3 is 2.84 bits per heavy atom. The highest BCUT2D eigenvalue weighted by Gasteiger charge is 2.15. The molecule has 0 aliphatic carbocycles. The third-order valence-electron chi connectivity index (χ3n) is 3.09. The predicted molar refractivity (Wildman–Crippen MR) is 81.2 cm³/mol. The molecule has 98 valence electrons. The zero-order valence-electron chi connectivity index (χ0n) is 10.6. The van der Waals surface area contributed by atoms with Gasteiger partial charge in [0, 0.05) is 25.2 Å². The van der Waals surface area contributed by atoms with Gasteiger partial charge in [-0.05, 0) is 5.56 Å². The third-order valence-corrected chi connectivity index (χ3v) is 4.10. The number of hydrogen-bond acceptors (Lipinski definition) is 3. The van der Waals surface area contributed by atoms with Gasteiger partial charge >= 0.3 is 0 Å². The summed E-state index contributed by atoms with van der Waals surface area (Å²) in [6.45, 7) is 0.829. The van der Waals surface area contributed by atoms with E-state index < -0.39 is 0 Å². The first-order valence-electron chi connectivity index (χ1n) is 6.05. The highest BCUT2D eigenvalue weighted by molar-refractivity contribution is 7.15. The minimum absolute atomic E-state index is 0.465. The van der Waals surface area contributed by atoms with Gasteiger partial charge in [-0.2, -0.15) is 0 Å². The minimum Gasteiger partial charge on any atom is -0.354 e. The summed E-state index contributed by atoms with van der Waals surface area (Å²) in [4.78, 5) is 7.80. The summed E-state index contributed by atoms with van der Waals surface area (Å²) in [5.41, 5.74) is 2.32. The second-order valence-electron chi connectivity index (χ2n) is 4.41. The van der Waals surface area contributed by atoms with Gasteiger partial charge in [0.1, 0.15) is 0 Å². The molecule has 0 radical (unpaired) electrons. The molecule has 0 N–H and O–H groups in total. The van der Waals surface area contributed by atoms with E-state index in [-0.39, 0.29) is 0 Å². The lowest BCUT2D eigenvalue weighted by Gasteiger charge is -2.17. The van der Waals surface area contributed by atoms with Gasteiger partial charge in [-0.1, -0.05) is 30.3 Å². The van der Waals surface area contributed by atoms with E-state index in [1.165, 1.54) is 5.56 Å². The van der Waals surface area contributed by atoms with Gasteiger partial charge in [0.15, 0.2) is 10.8 Å². The summed E-state index contributed by atoms with van der Waals surface area (Å²) in [7, 11) is 2.05. The lowest BCUT2D eigenvalue weighted by Crippen LogP contribution is -2.18. The van der Waals surface area contributed by atoms with Gasteiger partial charge in [0.25, 0.3) is 0 Å². The van der Waals surface area contributed by atoms with Gasteiger partial charge in [-0.25, -0.2) is 4.98 Å². The Hall–Kier alpha value is -1.52. The molecule has 3 nitrogen and oxygen atoms in total. The zero-order chi connectivity index (χ0) is 13.2. The third kappa shape index (κ3) is 2.33. The molecular weight excluding hydrogens is 278 g/mol. The van der Waals surface area contributed by atoms with E-state index in [2.05, 4.69) is 45.6 Å². The molecule has 0 atom stereocenters. The van der Waals surface area contributed by atoms with E-state index in [0.717, 1.165) is 23.0 Å². The number of benzene rings is 1. The Balaban J connectivity index is 1.92. The molecule has 0 fully saturated rings. The predicted octanol–water partition coefficient (Wildman–Crippen LogP) is 3.77. The van der Waals surface area contributed by atoms with Crippen molar-refractivity contribution >= 4 is 33.7 Å². The van der Waals surface area contributed by atoms with Crippen LogP contribution in [-0.4, -0.2) is 16.4 Å². The van der Waals surface area contributed by atoms with E-state index >= 15 is 0 Å². The van der Waals surface area contributed by atoms with Gasteiger partial charge < -0.3 is 4.90 Å². The Labute approximate surface area is 121 Å². The molecular formula is C14H14ClN3S. The number of fused-ring (bicyclic) bond motifs is 1. The van der Waals surface area contributed by atoms with E-state index in [0.29, 0.717) is 5.88 Å². The van der Waals surface area contributed by atoms with Crippen LogP contribution < -0.4 is 4.90 Å². The van der Waals surface area contributed by atoms with Crippen LogP contribution in [0.15, 0.2) is 41.9 Å². The minimum atomic E-state index is 0.465. The van der Waals surface area contributed by atoms with Gasteiger partial charge in [-0.15, -0.1) is 22.9 Å². The number of thiazole rings is 1. The van der Waals surface area contributed by atoms with Crippen molar-refractivity contribution in [2.24, 2.45) is 0 Å². The van der Waals surface area contributed by atoms with Crippen LogP contribution in [0.4, 0.5) is 5.82 Å². The van der Waals surface area contributed by atoms with E-state index in [1.807, 2.05) is 17.6 Å². The molecule has 0 aliphatic rings. The first-order chi connectivity index (χ1) is 9.29. The quantitative estimate of drug-likeness (QED) is 0.682. The molecule has 2 heterocycles. The lowest BCUT2D eigenvalue weighted by molar-refractivity contribution is 0.894. The number of alkyl halides is 1. The maximum absolute atomic E-state index is 6.07. The lowest BCUT2D eigenvalue weighted by atomic mass is 10.2. The highest BCUT2D eigenvalue weighted by Crippen LogP contribution is 2.26. The van der Waals surface area contributed by atoms with Crippen molar-refractivity contribution in [3.05, 3.63) is 53.2 Å². The number of aromatic nitrogens is 2. The Bertz CT molecular complexity index is 674. The number of rotatable bonds is 4. The normalized spacial score (nSPS) is 11.1. The van der Waals surface area contributed by atoms with E-state index in [9.17, 15) is 0 Å². The number of nitrogens with zero attached hydrogens (tertiary/aromatic N) is 3. The van der Waals surface area contributed by atoms with Crippen molar-refractivity contribution in [2.75, 3.05) is 11.9 Å². The fraction of sp³-hybridized carbons (Fsp3) is 0.214. The summed E-state index contributed by atoms with van der Waals surface area (Å²) in [6, 6.07) is 10.4. The monoisotopic (exact) mass is 291 g/mol. The molecule has 19 heavy (non-hydrogen) atoms. The Kier molecular flexibility index (Phi) is 3.44. The maximum Gasteiger partial charge on any atom is 0.195 e. The van der Waals surface area contributed by atoms with Gasteiger partial charge in [-0.3, -0.25) is 4.40 Å². The van der Waals surface area contributed by atoms with Crippen molar-refractivity contribution in [1.29, 1.82) is 0 Å². The summed E-state index contributed by atoms with van der Waals surface area (Å²) < 4.78 is 2.06. The van der Waals surface area contributed by atoms with Gasteiger partial charge in [0.2, 0.25) is 0 Å². The summed E-state index contributed by atoms with van der Waals surface area (Å²) >= 11 is 7.70. The average molecular weight is 292 g/mol. The maximum atomic E-state index is 6.07. The number of halogens is 1. The molecule has 1 aromatic carbocycles. The summed E-state index contributed by atoms with van der Waals surface area (Å²) in [5, 5.41) is 2.03. The number of hydrogen-bond donors (Lipinski definition) is 0. The average Bonchev–Trinajstić information content (AvgIpc) is 2.99. The fourth-order valence-electron chi connectivity index (χ4n) is 2.18. The highest BCUT2D eigenvalue weighted by atomic mass is 35.5. The molecule has 0 spiro atoms. The van der Waals surface area contributed by atoms with E-state index in [1.54, 1.807) is 11.3 Å². The first-order valence-corrected chi connectivity index (χ1v) is 7.46. The van der Waals surface area contributed by atoms with Crippen molar-refractivity contribution < 1.29 is 0 Å². The molecule has 0 saturated carbocycles. The zero-order valence-corrected chi connectivity index (χ0v) is 12.2. The smallest absolute Gasteiger partial charge is 0.195 e. The van der Waals surface area contributed by atoms with Crippen LogP contribution in [-0.2, 0) is 12.4 Å².